The van der Waals surface area contributed by atoms with Crippen molar-refractivity contribution < 1.29 is 29.2 Å². The van der Waals surface area contributed by atoms with E-state index in [1.54, 1.807) is 18.2 Å². The third-order valence-electron chi connectivity index (χ3n) is 4.86. The zero-order valence-electron chi connectivity index (χ0n) is 16.0. The van der Waals surface area contributed by atoms with E-state index < -0.39 is 0 Å². The molecule has 8 heteroatoms. The molecule has 0 fully saturated rings. The second-order valence-corrected chi connectivity index (χ2v) is 7.66. The van der Waals surface area contributed by atoms with E-state index in [0.29, 0.717) is 45.9 Å². The van der Waals surface area contributed by atoms with Crippen LogP contribution in [0.3, 0.4) is 0 Å². The van der Waals surface area contributed by atoms with Gasteiger partial charge in [-0.3, -0.25) is 0 Å². The van der Waals surface area contributed by atoms with Gasteiger partial charge in [-0.15, -0.1) is 0 Å². The van der Waals surface area contributed by atoms with Crippen molar-refractivity contribution in [1.29, 1.82) is 0 Å². The van der Waals surface area contributed by atoms with Crippen LogP contribution in [0.25, 0.3) is 0 Å². The molecule has 2 aliphatic heterocycles. The van der Waals surface area contributed by atoms with Gasteiger partial charge in [-0.05, 0) is 59.4 Å². The highest BCUT2D eigenvalue weighted by molar-refractivity contribution is 6.32. The Kier molecular flexibility index (Phi) is 6.39. The second-order valence-electron chi connectivity index (χ2n) is 6.85. The predicted molar refractivity (Wildman–Crippen MR) is 113 cm³/mol. The Bertz CT molecular complexity index is 1020. The molecule has 2 aromatic rings. The van der Waals surface area contributed by atoms with Gasteiger partial charge in [-0.1, -0.05) is 35.4 Å². The minimum absolute atomic E-state index is 0.111. The van der Waals surface area contributed by atoms with E-state index in [-0.39, 0.29) is 26.8 Å². The first kappa shape index (κ1) is 20.9. The summed E-state index contributed by atoms with van der Waals surface area (Å²) in [5, 5.41) is 20.3. The Morgan fingerprint density at radius 3 is 1.93 bits per heavy atom. The first-order valence-corrected chi connectivity index (χ1v) is 10.1. The van der Waals surface area contributed by atoms with Crippen LogP contribution >= 0.6 is 23.2 Å². The van der Waals surface area contributed by atoms with Crippen molar-refractivity contribution in [2.24, 2.45) is 0 Å². The summed E-state index contributed by atoms with van der Waals surface area (Å²) in [5.74, 6) is 2.25. The Morgan fingerprint density at radius 2 is 1.40 bits per heavy atom. The zero-order chi connectivity index (χ0) is 21.1. The molecule has 2 aromatic carbocycles. The molecule has 2 aliphatic rings. The van der Waals surface area contributed by atoms with E-state index in [0.717, 1.165) is 22.3 Å². The van der Waals surface area contributed by atoms with Crippen LogP contribution in [0.5, 0.6) is 23.0 Å². The molecule has 0 unspecified atom stereocenters. The average Bonchev–Trinajstić information content (AvgIpc) is 3.39. The highest BCUT2D eigenvalue weighted by Gasteiger charge is 2.21. The summed E-state index contributed by atoms with van der Waals surface area (Å²) in [6.45, 7) is 0.00431. The van der Waals surface area contributed by atoms with E-state index in [1.807, 2.05) is 18.2 Å². The standard InChI is InChI=1S/C22H20Cl2O6/c23-17-6-13(8-19-21(17)29-11-27-19)4-15(2-1-3-25)16(10-26)5-14-7-18(24)22-20(9-14)28-12-30-22/h1-2,6-9,25-26H,3-5,10-12H2/b2-1+,16-15-. The lowest BCUT2D eigenvalue weighted by atomic mass is 9.95. The van der Waals surface area contributed by atoms with Gasteiger partial charge in [-0.2, -0.15) is 0 Å². The Balaban J connectivity index is 1.66. The molecule has 4 rings (SSSR count). The maximum Gasteiger partial charge on any atom is 0.231 e. The number of hydrogen-bond donors (Lipinski definition) is 2. The van der Waals surface area contributed by atoms with Crippen molar-refractivity contribution in [3.63, 3.8) is 0 Å². The molecule has 2 N–H and O–H groups in total. The summed E-state index contributed by atoms with van der Waals surface area (Å²) in [5.41, 5.74) is 3.42. The van der Waals surface area contributed by atoms with E-state index >= 15 is 0 Å². The number of halogens is 2. The van der Waals surface area contributed by atoms with E-state index in [4.69, 9.17) is 42.1 Å². The molecular weight excluding hydrogens is 431 g/mol. The van der Waals surface area contributed by atoms with E-state index in [1.165, 1.54) is 0 Å². The molecule has 0 amide bonds. The van der Waals surface area contributed by atoms with Gasteiger partial charge in [0.2, 0.25) is 13.6 Å². The number of hydrogen-bond acceptors (Lipinski definition) is 6. The highest BCUT2D eigenvalue weighted by Crippen LogP contribution is 2.41. The lowest BCUT2D eigenvalue weighted by Crippen LogP contribution is -2.03. The molecule has 0 radical (unpaired) electrons. The van der Waals surface area contributed by atoms with Crippen LogP contribution in [0.2, 0.25) is 10.0 Å². The summed E-state index contributed by atoms with van der Waals surface area (Å²) in [7, 11) is 0. The van der Waals surface area contributed by atoms with Gasteiger partial charge in [0.25, 0.3) is 0 Å². The largest absolute Gasteiger partial charge is 0.454 e. The van der Waals surface area contributed by atoms with Crippen LogP contribution in [0, 0.1) is 0 Å². The van der Waals surface area contributed by atoms with Crippen molar-refractivity contribution >= 4 is 23.2 Å². The van der Waals surface area contributed by atoms with Crippen LogP contribution in [0.1, 0.15) is 11.1 Å². The lowest BCUT2D eigenvalue weighted by molar-refractivity contribution is 0.173. The maximum absolute atomic E-state index is 10.1. The van der Waals surface area contributed by atoms with Crippen molar-refractivity contribution in [1.82, 2.24) is 0 Å². The summed E-state index contributed by atoms with van der Waals surface area (Å²) in [6.07, 6.45) is 4.38. The monoisotopic (exact) mass is 450 g/mol. The summed E-state index contributed by atoms with van der Waals surface area (Å²) >= 11 is 12.6. The third-order valence-corrected chi connectivity index (χ3v) is 5.42. The van der Waals surface area contributed by atoms with Crippen molar-refractivity contribution in [2.75, 3.05) is 26.8 Å². The molecule has 6 nitrogen and oxygen atoms in total. The van der Waals surface area contributed by atoms with Gasteiger partial charge in [0.15, 0.2) is 23.0 Å². The molecule has 158 valence electrons. The minimum Gasteiger partial charge on any atom is -0.454 e. The number of rotatable bonds is 7. The lowest BCUT2D eigenvalue weighted by Gasteiger charge is -2.13. The molecule has 2 heterocycles. The van der Waals surface area contributed by atoms with Gasteiger partial charge < -0.3 is 29.2 Å². The Labute approximate surface area is 183 Å². The number of ether oxygens (including phenoxy) is 4. The van der Waals surface area contributed by atoms with Crippen LogP contribution in [-0.2, 0) is 12.8 Å². The average molecular weight is 451 g/mol. The smallest absolute Gasteiger partial charge is 0.231 e. The van der Waals surface area contributed by atoms with Gasteiger partial charge in [0.1, 0.15) is 0 Å². The van der Waals surface area contributed by atoms with Crippen molar-refractivity contribution in [2.45, 2.75) is 12.8 Å². The SMILES string of the molecule is OC/C=C/C(Cc1cc(Cl)c2c(c1)OCO2)=C(/CO)Cc1cc(Cl)c2c(c1)OCO2. The van der Waals surface area contributed by atoms with Crippen LogP contribution in [0.15, 0.2) is 47.6 Å². The molecule has 0 aliphatic carbocycles. The molecule has 0 saturated carbocycles. The molecule has 0 atom stereocenters. The predicted octanol–water partition coefficient (Wildman–Crippen LogP) is 4.07. The fourth-order valence-corrected chi connectivity index (χ4v) is 4.06. The van der Waals surface area contributed by atoms with E-state index in [9.17, 15) is 10.2 Å². The topological polar surface area (TPSA) is 77.4 Å². The van der Waals surface area contributed by atoms with Crippen molar-refractivity contribution in [3.05, 3.63) is 68.7 Å². The maximum atomic E-state index is 10.1. The molecule has 0 aromatic heterocycles. The third kappa shape index (κ3) is 4.37. The fourth-order valence-electron chi connectivity index (χ4n) is 3.48. The normalized spacial score (nSPS) is 15.1. The molecule has 0 spiro atoms. The molecule has 30 heavy (non-hydrogen) atoms. The quantitative estimate of drug-likeness (QED) is 0.619. The summed E-state index contributed by atoms with van der Waals surface area (Å²) in [4.78, 5) is 0. The fraction of sp³-hybridized carbons (Fsp3) is 0.273. The van der Waals surface area contributed by atoms with E-state index in [2.05, 4.69) is 0 Å². The second kappa shape index (κ2) is 9.18. The zero-order valence-corrected chi connectivity index (χ0v) is 17.5. The minimum atomic E-state index is -0.157. The Hall–Kier alpha value is -2.38. The van der Waals surface area contributed by atoms with Crippen LogP contribution in [-0.4, -0.2) is 37.0 Å². The Morgan fingerprint density at radius 1 is 0.833 bits per heavy atom. The van der Waals surface area contributed by atoms with Crippen LogP contribution < -0.4 is 18.9 Å². The molecular formula is C22H20Cl2O6. The van der Waals surface area contributed by atoms with Gasteiger partial charge in [0.05, 0.1) is 23.3 Å². The number of benzene rings is 2. The van der Waals surface area contributed by atoms with Gasteiger partial charge in [0, 0.05) is 0 Å². The first-order valence-electron chi connectivity index (χ1n) is 9.34. The number of aliphatic hydroxyl groups excluding tert-OH is 2. The summed E-state index contributed by atoms with van der Waals surface area (Å²) < 4.78 is 21.6. The highest BCUT2D eigenvalue weighted by atomic mass is 35.5. The van der Waals surface area contributed by atoms with Gasteiger partial charge >= 0.3 is 0 Å². The van der Waals surface area contributed by atoms with Crippen LogP contribution in [0.4, 0.5) is 0 Å². The molecule has 0 bridgehead atoms. The number of aliphatic hydroxyl groups is 2. The first-order chi connectivity index (χ1) is 14.6. The molecule has 0 saturated heterocycles. The number of fused-ring (bicyclic) bond motifs is 2. The number of allylic oxidation sites excluding steroid dienone is 2. The summed E-state index contributed by atoms with van der Waals surface area (Å²) in [6, 6.07) is 7.34. The van der Waals surface area contributed by atoms with Crippen molar-refractivity contribution in [3.8, 4) is 23.0 Å². The van der Waals surface area contributed by atoms with Gasteiger partial charge in [-0.25, -0.2) is 0 Å².